The molecule has 3 aromatic rings. The minimum Gasteiger partial charge on any atom is -0.472 e. The number of rotatable bonds is 7. The highest BCUT2D eigenvalue weighted by Crippen LogP contribution is 2.35. The highest BCUT2D eigenvalue weighted by molar-refractivity contribution is 5.91. The second-order valence-corrected chi connectivity index (χ2v) is 10.6. The van der Waals surface area contributed by atoms with E-state index in [1.54, 1.807) is 24.0 Å². The number of ether oxygens (including phenoxy) is 3. The minimum absolute atomic E-state index is 0.101. The Morgan fingerprint density at radius 1 is 1.38 bits per heavy atom. The number of carbonyl (C=O) groups is 1. The number of hydrogen-bond donors (Lipinski definition) is 0. The zero-order valence-corrected chi connectivity index (χ0v) is 22.9. The molecule has 200 valence electrons. The van der Waals surface area contributed by atoms with Gasteiger partial charge in [0.1, 0.15) is 11.7 Å². The fourth-order valence-corrected chi connectivity index (χ4v) is 4.55. The Kier molecular flexibility index (Phi) is 7.59. The van der Waals surface area contributed by atoms with E-state index in [2.05, 4.69) is 11.7 Å². The first-order valence-electron chi connectivity index (χ1n) is 12.8. The van der Waals surface area contributed by atoms with E-state index >= 15 is 0 Å². The van der Waals surface area contributed by atoms with E-state index in [1.807, 2.05) is 52.4 Å². The molecule has 1 aliphatic heterocycles. The molecule has 3 aromatic heterocycles. The second kappa shape index (κ2) is 10.5. The summed E-state index contributed by atoms with van der Waals surface area (Å²) >= 11 is 0. The lowest BCUT2D eigenvalue weighted by Crippen LogP contribution is -2.39. The van der Waals surface area contributed by atoms with Gasteiger partial charge in [-0.25, -0.2) is 14.2 Å². The molecule has 37 heavy (non-hydrogen) atoms. The predicted octanol–water partition coefficient (Wildman–Crippen LogP) is 5.12. The first-order chi connectivity index (χ1) is 17.5. The summed E-state index contributed by atoms with van der Waals surface area (Å²) in [4.78, 5) is 18.8. The Morgan fingerprint density at radius 2 is 2.14 bits per heavy atom. The average molecular weight is 511 g/mol. The predicted molar refractivity (Wildman–Crippen MR) is 142 cm³/mol. The van der Waals surface area contributed by atoms with Crippen LogP contribution in [0, 0.1) is 6.92 Å². The van der Waals surface area contributed by atoms with Gasteiger partial charge in [-0.1, -0.05) is 6.58 Å². The van der Waals surface area contributed by atoms with Crippen LogP contribution in [0.15, 0.2) is 18.8 Å². The summed E-state index contributed by atoms with van der Waals surface area (Å²) in [7, 11) is 3.52. The van der Waals surface area contributed by atoms with Crippen LogP contribution in [0.1, 0.15) is 64.6 Å². The molecule has 0 aliphatic carbocycles. The number of fused-ring (bicyclic) bond motifs is 1. The van der Waals surface area contributed by atoms with Crippen LogP contribution in [0.25, 0.3) is 28.2 Å². The van der Waals surface area contributed by atoms with Crippen molar-refractivity contribution in [2.24, 2.45) is 7.05 Å². The summed E-state index contributed by atoms with van der Waals surface area (Å²) < 4.78 is 21.4. The normalized spacial score (nSPS) is 17.0. The van der Waals surface area contributed by atoms with Crippen molar-refractivity contribution in [3.8, 4) is 17.1 Å². The van der Waals surface area contributed by atoms with Gasteiger partial charge in [0.05, 0.1) is 40.9 Å². The van der Waals surface area contributed by atoms with E-state index in [0.29, 0.717) is 12.4 Å². The summed E-state index contributed by atoms with van der Waals surface area (Å²) in [6, 6.07) is 2.01. The zero-order valence-electron chi connectivity index (χ0n) is 22.9. The Balaban J connectivity index is 1.62. The first kappa shape index (κ1) is 26.7. The molecule has 0 saturated carbocycles. The number of aryl methyl sites for hydroxylation is 2. The van der Waals surface area contributed by atoms with E-state index < -0.39 is 11.7 Å². The Labute approximate surface area is 218 Å². The molecule has 10 heteroatoms. The largest absolute Gasteiger partial charge is 0.472 e. The number of likely N-dealkylation sites (N-methyl/N-ethyl adjacent to an activating group) is 1. The minimum atomic E-state index is -0.561. The van der Waals surface area contributed by atoms with Crippen LogP contribution in [-0.2, 0) is 16.5 Å². The second-order valence-electron chi connectivity index (χ2n) is 10.6. The van der Waals surface area contributed by atoms with Crippen LogP contribution < -0.4 is 4.74 Å². The molecule has 0 bridgehead atoms. The highest BCUT2D eigenvalue weighted by atomic mass is 16.6. The summed E-state index contributed by atoms with van der Waals surface area (Å²) in [5, 5.41) is 10.2. The number of carbonyl (C=O) groups excluding carboxylic acids is 1. The van der Waals surface area contributed by atoms with Crippen molar-refractivity contribution >= 4 is 23.1 Å². The molecule has 0 N–H and O–H groups in total. The lowest BCUT2D eigenvalue weighted by Gasteiger charge is -2.26. The van der Waals surface area contributed by atoms with Gasteiger partial charge in [-0.2, -0.15) is 10.2 Å². The molecule has 0 radical (unpaired) electrons. The molecule has 1 unspecified atom stereocenters. The molecule has 2 atom stereocenters. The van der Waals surface area contributed by atoms with Crippen LogP contribution in [-0.4, -0.2) is 67.4 Å². The van der Waals surface area contributed by atoms with Crippen molar-refractivity contribution < 1.29 is 19.0 Å². The molecule has 4 heterocycles. The maximum Gasteiger partial charge on any atom is 0.410 e. The van der Waals surface area contributed by atoms with Gasteiger partial charge in [0.15, 0.2) is 6.23 Å². The third-order valence-electron chi connectivity index (χ3n) is 6.22. The molecular weight excluding hydrogens is 472 g/mol. The van der Waals surface area contributed by atoms with E-state index in [4.69, 9.17) is 24.3 Å². The van der Waals surface area contributed by atoms with Crippen molar-refractivity contribution in [3.05, 3.63) is 30.2 Å². The number of aromatic nitrogens is 5. The Morgan fingerprint density at radius 3 is 2.78 bits per heavy atom. The lowest BCUT2D eigenvalue weighted by molar-refractivity contribution is -0.0368. The van der Waals surface area contributed by atoms with Gasteiger partial charge in [-0.15, -0.1) is 0 Å². The molecule has 0 spiro atoms. The van der Waals surface area contributed by atoms with E-state index in [-0.39, 0.29) is 12.3 Å². The summed E-state index contributed by atoms with van der Waals surface area (Å²) in [6.07, 6.45) is 5.80. The van der Waals surface area contributed by atoms with Crippen LogP contribution >= 0.6 is 0 Å². The van der Waals surface area contributed by atoms with Crippen molar-refractivity contribution in [1.29, 1.82) is 0 Å². The van der Waals surface area contributed by atoms with Crippen LogP contribution in [0.4, 0.5) is 4.79 Å². The molecule has 10 nitrogen and oxygen atoms in total. The third-order valence-corrected chi connectivity index (χ3v) is 6.22. The SMILES string of the molecule is C=Cc1nn(C2CCCCO2)c2c(C)nc(-c3cnn(C)c3O[C@H](C)CN(C)C(=O)OC(C)(C)C)cc12. The average Bonchev–Trinajstić information content (AvgIpc) is 3.39. The standard InChI is InChI=1S/C27H38N6O4/c1-9-21-19-14-22(29-18(3)24(19)33(30-21)23-12-10-11-13-35-23)20-15-28-32(8)25(20)36-17(2)16-31(7)26(34)37-27(4,5)6/h9,14-15,17,23H,1,10-13,16H2,2-8H3/t17-,23?/m1/s1. The molecule has 1 fully saturated rings. The molecule has 1 amide bonds. The summed E-state index contributed by atoms with van der Waals surface area (Å²) in [5.41, 5.74) is 3.51. The van der Waals surface area contributed by atoms with Gasteiger partial charge in [0.25, 0.3) is 0 Å². The third kappa shape index (κ3) is 5.79. The summed E-state index contributed by atoms with van der Waals surface area (Å²) in [6.45, 7) is 14.5. The molecule has 4 rings (SSSR count). The number of pyridine rings is 1. The molecule has 1 saturated heterocycles. The van der Waals surface area contributed by atoms with Crippen molar-refractivity contribution in [1.82, 2.24) is 29.4 Å². The van der Waals surface area contributed by atoms with Crippen molar-refractivity contribution in [2.75, 3.05) is 20.2 Å². The monoisotopic (exact) mass is 510 g/mol. The van der Waals surface area contributed by atoms with Crippen molar-refractivity contribution in [3.63, 3.8) is 0 Å². The van der Waals surface area contributed by atoms with Gasteiger partial charge < -0.3 is 19.1 Å². The lowest BCUT2D eigenvalue weighted by atomic mass is 10.1. The van der Waals surface area contributed by atoms with Crippen LogP contribution in [0.5, 0.6) is 5.88 Å². The fraction of sp³-hybridized carbons (Fsp3) is 0.556. The zero-order chi connectivity index (χ0) is 26.9. The van der Waals surface area contributed by atoms with Gasteiger partial charge >= 0.3 is 6.09 Å². The Hall–Kier alpha value is -3.40. The Bertz CT molecular complexity index is 1280. The van der Waals surface area contributed by atoms with E-state index in [1.165, 1.54) is 4.90 Å². The van der Waals surface area contributed by atoms with Gasteiger partial charge in [0.2, 0.25) is 5.88 Å². The number of hydrogen-bond acceptors (Lipinski definition) is 7. The molecule has 1 aliphatic rings. The smallest absolute Gasteiger partial charge is 0.410 e. The highest BCUT2D eigenvalue weighted by Gasteiger charge is 2.25. The maximum atomic E-state index is 12.4. The quantitative estimate of drug-likeness (QED) is 0.435. The fourth-order valence-electron chi connectivity index (χ4n) is 4.55. The molecule has 0 aromatic carbocycles. The van der Waals surface area contributed by atoms with Crippen LogP contribution in [0.3, 0.4) is 0 Å². The first-order valence-corrected chi connectivity index (χ1v) is 12.8. The van der Waals surface area contributed by atoms with E-state index in [0.717, 1.165) is 59.4 Å². The topological polar surface area (TPSA) is 96.5 Å². The number of amides is 1. The van der Waals surface area contributed by atoms with Crippen molar-refractivity contribution in [2.45, 2.75) is 71.8 Å². The van der Waals surface area contributed by atoms with Gasteiger partial charge in [-0.05, 0) is 66.0 Å². The van der Waals surface area contributed by atoms with E-state index in [9.17, 15) is 4.79 Å². The molecular formula is C27H38N6O4. The maximum absolute atomic E-state index is 12.4. The van der Waals surface area contributed by atoms with Gasteiger partial charge in [-0.3, -0.25) is 4.98 Å². The summed E-state index contributed by atoms with van der Waals surface area (Å²) in [5.74, 6) is 0.569. The van der Waals surface area contributed by atoms with Crippen LogP contribution in [0.2, 0.25) is 0 Å². The number of nitrogens with zero attached hydrogens (tertiary/aromatic N) is 6. The van der Waals surface area contributed by atoms with Gasteiger partial charge in [0, 0.05) is 26.1 Å².